The average Bonchev–Trinajstić information content (AvgIpc) is 2.69. The van der Waals surface area contributed by atoms with E-state index in [1.54, 1.807) is 12.4 Å². The molecule has 0 fully saturated rings. The fourth-order valence-electron chi connectivity index (χ4n) is 3.47. The van der Waals surface area contributed by atoms with Crippen LogP contribution in [-0.4, -0.2) is 17.4 Å². The zero-order chi connectivity index (χ0) is 19.1. The Morgan fingerprint density at radius 3 is 2.81 bits per heavy atom. The molecule has 1 aliphatic rings. The maximum absolute atomic E-state index is 12.5. The van der Waals surface area contributed by atoms with Gasteiger partial charge in [0, 0.05) is 18.4 Å². The molecule has 27 heavy (non-hydrogen) atoms. The monoisotopic (exact) mass is 363 g/mol. The van der Waals surface area contributed by atoms with Crippen molar-refractivity contribution in [3.05, 3.63) is 65.5 Å². The number of amides is 1. The summed E-state index contributed by atoms with van der Waals surface area (Å²) >= 11 is 0. The number of rotatable bonds is 7. The molecule has 1 aromatic heterocycles. The van der Waals surface area contributed by atoms with Gasteiger partial charge in [-0.3, -0.25) is 9.78 Å². The van der Waals surface area contributed by atoms with Gasteiger partial charge in [-0.05, 0) is 55.7 Å². The van der Waals surface area contributed by atoms with E-state index >= 15 is 0 Å². The van der Waals surface area contributed by atoms with Crippen molar-refractivity contribution >= 4 is 17.3 Å². The summed E-state index contributed by atoms with van der Waals surface area (Å²) in [6.45, 7) is 5.02. The Hall–Kier alpha value is -2.62. The molecule has 1 aliphatic carbocycles. The van der Waals surface area contributed by atoms with Crippen LogP contribution in [-0.2, 0) is 0 Å². The van der Waals surface area contributed by atoms with Crippen LogP contribution in [0.3, 0.4) is 0 Å². The molecule has 0 aliphatic heterocycles. The second kappa shape index (κ2) is 9.36. The van der Waals surface area contributed by atoms with Gasteiger partial charge in [-0.1, -0.05) is 43.7 Å². The highest BCUT2D eigenvalue weighted by molar-refractivity contribution is 5.94. The van der Waals surface area contributed by atoms with Crippen LogP contribution in [0.15, 0.2) is 54.4 Å². The molecular weight excluding hydrogens is 334 g/mol. The van der Waals surface area contributed by atoms with Gasteiger partial charge in [-0.15, -0.1) is 0 Å². The summed E-state index contributed by atoms with van der Waals surface area (Å²) < 4.78 is 0. The fourth-order valence-corrected chi connectivity index (χ4v) is 3.47. The molecule has 4 nitrogen and oxygen atoms in total. The highest BCUT2D eigenvalue weighted by atomic mass is 16.1. The van der Waals surface area contributed by atoms with Gasteiger partial charge in [-0.2, -0.15) is 0 Å². The number of para-hydroxylation sites is 1. The first-order chi connectivity index (χ1) is 13.1. The number of aromatic nitrogens is 1. The molecular formula is C23H29N3O. The normalized spacial score (nSPS) is 14.0. The van der Waals surface area contributed by atoms with E-state index in [4.69, 9.17) is 0 Å². The SMILES string of the molecule is CC(C)c1ccccc1Nc1cncc(C(=O)NCCC2=CCCCC2)c1. The van der Waals surface area contributed by atoms with Gasteiger partial charge in [0.25, 0.3) is 5.91 Å². The van der Waals surface area contributed by atoms with Crippen LogP contribution < -0.4 is 10.6 Å². The number of benzene rings is 1. The largest absolute Gasteiger partial charge is 0.354 e. The Labute approximate surface area is 162 Å². The maximum Gasteiger partial charge on any atom is 0.252 e. The van der Waals surface area contributed by atoms with Crippen molar-refractivity contribution in [3.63, 3.8) is 0 Å². The minimum atomic E-state index is -0.0697. The van der Waals surface area contributed by atoms with Crippen LogP contribution in [0.2, 0.25) is 0 Å². The van der Waals surface area contributed by atoms with Gasteiger partial charge in [0.2, 0.25) is 0 Å². The van der Waals surface area contributed by atoms with Crippen molar-refractivity contribution in [2.75, 3.05) is 11.9 Å². The first kappa shape index (κ1) is 19.2. The quantitative estimate of drug-likeness (QED) is 0.632. The van der Waals surface area contributed by atoms with E-state index in [2.05, 4.69) is 47.7 Å². The Morgan fingerprint density at radius 2 is 2.04 bits per heavy atom. The molecule has 4 heteroatoms. The standard InChI is InChI=1S/C23H29N3O/c1-17(2)21-10-6-7-11-22(21)26-20-14-19(15-24-16-20)23(27)25-13-12-18-8-4-3-5-9-18/h6-8,10-11,14-17,26H,3-5,9,12-13H2,1-2H3,(H,25,27). The van der Waals surface area contributed by atoms with Crippen LogP contribution in [0.4, 0.5) is 11.4 Å². The third-order valence-corrected chi connectivity index (χ3v) is 4.98. The highest BCUT2D eigenvalue weighted by Gasteiger charge is 2.10. The lowest BCUT2D eigenvalue weighted by Crippen LogP contribution is -2.25. The minimum Gasteiger partial charge on any atom is -0.354 e. The molecule has 2 N–H and O–H groups in total. The fraction of sp³-hybridized carbons (Fsp3) is 0.391. The van der Waals surface area contributed by atoms with Gasteiger partial charge < -0.3 is 10.6 Å². The molecule has 142 valence electrons. The smallest absolute Gasteiger partial charge is 0.252 e. The van der Waals surface area contributed by atoms with Gasteiger partial charge in [-0.25, -0.2) is 0 Å². The lowest BCUT2D eigenvalue weighted by molar-refractivity contribution is 0.0953. The second-order valence-corrected chi connectivity index (χ2v) is 7.44. The molecule has 1 heterocycles. The van der Waals surface area contributed by atoms with E-state index in [1.165, 1.54) is 36.8 Å². The maximum atomic E-state index is 12.5. The molecule has 0 bridgehead atoms. The number of pyridine rings is 1. The third-order valence-electron chi connectivity index (χ3n) is 4.98. The van der Waals surface area contributed by atoms with Crippen LogP contribution in [0.1, 0.15) is 67.8 Å². The van der Waals surface area contributed by atoms with Crippen molar-refractivity contribution in [1.82, 2.24) is 10.3 Å². The first-order valence-electron chi connectivity index (χ1n) is 9.90. The molecule has 1 aromatic carbocycles. The number of carbonyl (C=O) groups excluding carboxylic acids is 1. The molecule has 2 aromatic rings. The Balaban J connectivity index is 1.61. The summed E-state index contributed by atoms with van der Waals surface area (Å²) in [4.78, 5) is 16.7. The first-order valence-corrected chi connectivity index (χ1v) is 9.90. The molecule has 0 spiro atoms. The van der Waals surface area contributed by atoms with E-state index in [1.807, 2.05) is 18.2 Å². The molecule has 1 amide bonds. The predicted molar refractivity (Wildman–Crippen MR) is 112 cm³/mol. The summed E-state index contributed by atoms with van der Waals surface area (Å²) in [5, 5.41) is 6.42. The number of anilines is 2. The van der Waals surface area contributed by atoms with Crippen molar-refractivity contribution < 1.29 is 4.79 Å². The molecule has 0 saturated carbocycles. The van der Waals surface area contributed by atoms with Crippen LogP contribution in [0, 0.1) is 0 Å². The van der Waals surface area contributed by atoms with E-state index in [-0.39, 0.29) is 5.91 Å². The molecule has 0 atom stereocenters. The lowest BCUT2D eigenvalue weighted by Gasteiger charge is -2.15. The number of hydrogen-bond donors (Lipinski definition) is 2. The second-order valence-electron chi connectivity index (χ2n) is 7.44. The summed E-state index contributed by atoms with van der Waals surface area (Å²) in [7, 11) is 0. The topological polar surface area (TPSA) is 54.0 Å². The lowest BCUT2D eigenvalue weighted by atomic mass is 9.97. The van der Waals surface area contributed by atoms with Gasteiger partial charge in [0.1, 0.15) is 0 Å². The third kappa shape index (κ3) is 5.43. The molecule has 3 rings (SSSR count). The van der Waals surface area contributed by atoms with E-state index in [9.17, 15) is 4.79 Å². The summed E-state index contributed by atoms with van der Waals surface area (Å²) in [5.74, 6) is 0.349. The van der Waals surface area contributed by atoms with Gasteiger partial charge in [0.05, 0.1) is 17.4 Å². The van der Waals surface area contributed by atoms with Crippen molar-refractivity contribution in [1.29, 1.82) is 0 Å². The number of nitrogens with one attached hydrogen (secondary N) is 2. The van der Waals surface area contributed by atoms with Crippen molar-refractivity contribution in [2.24, 2.45) is 0 Å². The van der Waals surface area contributed by atoms with Crippen molar-refractivity contribution in [3.8, 4) is 0 Å². The minimum absolute atomic E-state index is 0.0697. The Bertz CT molecular complexity index is 811. The van der Waals surface area contributed by atoms with Crippen molar-refractivity contribution in [2.45, 2.75) is 51.9 Å². The van der Waals surface area contributed by atoms with E-state index < -0.39 is 0 Å². The highest BCUT2D eigenvalue weighted by Crippen LogP contribution is 2.27. The Kier molecular flexibility index (Phi) is 6.64. The number of nitrogens with zero attached hydrogens (tertiary/aromatic N) is 1. The molecule has 0 radical (unpaired) electrons. The zero-order valence-corrected chi connectivity index (χ0v) is 16.3. The van der Waals surface area contributed by atoms with Gasteiger partial charge in [0.15, 0.2) is 0 Å². The Morgan fingerprint density at radius 1 is 1.19 bits per heavy atom. The summed E-state index contributed by atoms with van der Waals surface area (Å²) in [6.07, 6.45) is 11.6. The number of carbonyl (C=O) groups is 1. The summed E-state index contributed by atoms with van der Waals surface area (Å²) in [6, 6.07) is 10.1. The van der Waals surface area contributed by atoms with Crippen LogP contribution in [0.5, 0.6) is 0 Å². The average molecular weight is 364 g/mol. The van der Waals surface area contributed by atoms with Crippen LogP contribution in [0.25, 0.3) is 0 Å². The zero-order valence-electron chi connectivity index (χ0n) is 16.3. The summed E-state index contributed by atoms with van der Waals surface area (Å²) in [5.41, 5.74) is 5.18. The van der Waals surface area contributed by atoms with E-state index in [0.29, 0.717) is 18.0 Å². The van der Waals surface area contributed by atoms with Gasteiger partial charge >= 0.3 is 0 Å². The van der Waals surface area contributed by atoms with E-state index in [0.717, 1.165) is 17.8 Å². The van der Waals surface area contributed by atoms with Crippen LogP contribution >= 0.6 is 0 Å². The number of hydrogen-bond acceptors (Lipinski definition) is 3. The molecule has 0 unspecified atom stereocenters. The number of allylic oxidation sites excluding steroid dienone is 1. The predicted octanol–water partition coefficient (Wildman–Crippen LogP) is 5.57. The molecule has 0 saturated heterocycles.